The molecule has 0 aliphatic carbocycles. The van der Waals surface area contributed by atoms with Crippen LogP contribution in [-0.4, -0.2) is 4.98 Å². The molecule has 2 aromatic rings. The largest absolute Gasteiger partial charge is 0.417 e. The average molecular weight is 266 g/mol. The third-order valence-electron chi connectivity index (χ3n) is 2.75. The van der Waals surface area contributed by atoms with E-state index in [4.69, 9.17) is 0 Å². The molecule has 0 bridgehead atoms. The minimum Gasteiger partial charge on any atom is -0.364 e. The van der Waals surface area contributed by atoms with Crippen molar-refractivity contribution in [2.24, 2.45) is 0 Å². The number of pyridine rings is 1. The van der Waals surface area contributed by atoms with Crippen LogP contribution in [0.5, 0.6) is 0 Å². The zero-order chi connectivity index (χ0) is 13.9. The Balaban J connectivity index is 2.08. The van der Waals surface area contributed by atoms with Crippen LogP contribution in [0.2, 0.25) is 0 Å². The highest BCUT2D eigenvalue weighted by molar-refractivity contribution is 5.39. The maximum Gasteiger partial charge on any atom is 0.417 e. The molecule has 2 nitrogen and oxygen atoms in total. The van der Waals surface area contributed by atoms with Crippen molar-refractivity contribution in [2.45, 2.75) is 19.1 Å². The second-order valence-corrected chi connectivity index (χ2v) is 4.21. The Kier molecular flexibility index (Phi) is 3.74. The average Bonchev–Trinajstić information content (AvgIpc) is 2.39. The zero-order valence-corrected chi connectivity index (χ0v) is 10.3. The lowest BCUT2D eigenvalue weighted by Gasteiger charge is -2.15. The van der Waals surface area contributed by atoms with Crippen LogP contribution in [0.15, 0.2) is 48.7 Å². The summed E-state index contributed by atoms with van der Waals surface area (Å²) >= 11 is 0. The summed E-state index contributed by atoms with van der Waals surface area (Å²) in [6, 6.07) is 12.0. The van der Waals surface area contributed by atoms with E-state index in [1.54, 1.807) is 0 Å². The first kappa shape index (κ1) is 13.4. The molecule has 1 aromatic heterocycles. The van der Waals surface area contributed by atoms with Crippen LogP contribution >= 0.6 is 0 Å². The van der Waals surface area contributed by atoms with E-state index in [2.05, 4.69) is 10.3 Å². The summed E-state index contributed by atoms with van der Waals surface area (Å²) in [5, 5.41) is 3.06. The minimum atomic E-state index is -4.35. The van der Waals surface area contributed by atoms with Gasteiger partial charge in [-0.2, -0.15) is 13.2 Å². The van der Waals surface area contributed by atoms with Gasteiger partial charge in [-0.25, -0.2) is 4.98 Å². The first-order valence-corrected chi connectivity index (χ1v) is 5.81. The molecule has 1 aromatic carbocycles. The molecule has 0 unspecified atom stereocenters. The Morgan fingerprint density at radius 2 is 1.74 bits per heavy atom. The topological polar surface area (TPSA) is 24.9 Å². The molecule has 0 amide bonds. The Hall–Kier alpha value is -2.04. The van der Waals surface area contributed by atoms with E-state index in [0.29, 0.717) is 5.82 Å². The Morgan fingerprint density at radius 1 is 1.05 bits per heavy atom. The van der Waals surface area contributed by atoms with E-state index in [9.17, 15) is 13.2 Å². The van der Waals surface area contributed by atoms with E-state index in [-0.39, 0.29) is 6.04 Å². The number of rotatable bonds is 3. The van der Waals surface area contributed by atoms with Gasteiger partial charge in [-0.1, -0.05) is 30.3 Å². The van der Waals surface area contributed by atoms with Crippen molar-refractivity contribution in [2.75, 3.05) is 5.32 Å². The van der Waals surface area contributed by atoms with Gasteiger partial charge >= 0.3 is 6.18 Å². The fourth-order valence-electron chi connectivity index (χ4n) is 1.69. The third kappa shape index (κ3) is 3.47. The third-order valence-corrected chi connectivity index (χ3v) is 2.75. The highest BCUT2D eigenvalue weighted by Crippen LogP contribution is 2.29. The molecule has 2 rings (SSSR count). The van der Waals surface area contributed by atoms with E-state index >= 15 is 0 Å². The molecular formula is C14H13F3N2. The van der Waals surface area contributed by atoms with Gasteiger partial charge in [-0.3, -0.25) is 0 Å². The van der Waals surface area contributed by atoms with Gasteiger partial charge in [0.2, 0.25) is 0 Å². The lowest BCUT2D eigenvalue weighted by atomic mass is 10.1. The fraction of sp³-hybridized carbons (Fsp3) is 0.214. The standard InChI is InChI=1S/C14H13F3N2/c1-10(11-5-3-2-4-6-11)19-13-8-7-12(9-18-13)14(15,16)17/h2-10H,1H3,(H,18,19)/t10-/m1/s1. The van der Waals surface area contributed by atoms with Crippen LogP contribution in [0.3, 0.4) is 0 Å². The van der Waals surface area contributed by atoms with Crippen molar-refractivity contribution >= 4 is 5.82 Å². The molecule has 5 heteroatoms. The van der Waals surface area contributed by atoms with Gasteiger partial charge in [0.15, 0.2) is 0 Å². The highest BCUT2D eigenvalue weighted by atomic mass is 19.4. The van der Waals surface area contributed by atoms with Crippen molar-refractivity contribution in [3.8, 4) is 0 Å². The summed E-state index contributed by atoms with van der Waals surface area (Å²) < 4.78 is 37.2. The summed E-state index contributed by atoms with van der Waals surface area (Å²) in [6.45, 7) is 1.93. The molecule has 0 saturated carbocycles. The quantitative estimate of drug-likeness (QED) is 0.897. The second kappa shape index (κ2) is 5.30. The Bertz CT molecular complexity index is 521. The first-order valence-electron chi connectivity index (χ1n) is 5.81. The van der Waals surface area contributed by atoms with Crippen molar-refractivity contribution < 1.29 is 13.2 Å². The van der Waals surface area contributed by atoms with E-state index < -0.39 is 11.7 Å². The smallest absolute Gasteiger partial charge is 0.364 e. The van der Waals surface area contributed by atoms with Crippen molar-refractivity contribution in [3.63, 3.8) is 0 Å². The van der Waals surface area contributed by atoms with Crippen molar-refractivity contribution in [1.82, 2.24) is 4.98 Å². The molecule has 1 N–H and O–H groups in total. The molecule has 1 heterocycles. The molecule has 0 aliphatic rings. The highest BCUT2D eigenvalue weighted by Gasteiger charge is 2.30. The van der Waals surface area contributed by atoms with E-state index in [1.165, 1.54) is 6.07 Å². The van der Waals surface area contributed by atoms with Gasteiger partial charge in [0.05, 0.1) is 5.56 Å². The first-order chi connectivity index (χ1) is 8.97. The number of alkyl halides is 3. The maximum absolute atomic E-state index is 12.4. The lowest BCUT2D eigenvalue weighted by Crippen LogP contribution is -2.09. The van der Waals surface area contributed by atoms with Gasteiger partial charge in [-0.05, 0) is 24.6 Å². The van der Waals surface area contributed by atoms with Crippen LogP contribution in [0.25, 0.3) is 0 Å². The van der Waals surface area contributed by atoms with E-state index in [1.807, 2.05) is 37.3 Å². The lowest BCUT2D eigenvalue weighted by molar-refractivity contribution is -0.137. The Morgan fingerprint density at radius 3 is 2.26 bits per heavy atom. The number of anilines is 1. The number of halogens is 3. The molecule has 0 radical (unpaired) electrons. The Labute approximate surface area is 109 Å². The molecule has 0 spiro atoms. The molecule has 100 valence electrons. The predicted octanol–water partition coefficient (Wildman–Crippen LogP) is 4.27. The second-order valence-electron chi connectivity index (χ2n) is 4.21. The summed E-state index contributed by atoms with van der Waals surface area (Å²) in [4.78, 5) is 3.78. The summed E-state index contributed by atoms with van der Waals surface area (Å²) in [7, 11) is 0. The van der Waals surface area contributed by atoms with Gasteiger partial charge in [0.25, 0.3) is 0 Å². The molecule has 0 fully saturated rings. The normalized spacial score (nSPS) is 13.1. The summed E-state index contributed by atoms with van der Waals surface area (Å²) in [6.07, 6.45) is -3.52. The molecule has 0 saturated heterocycles. The number of nitrogens with one attached hydrogen (secondary N) is 1. The van der Waals surface area contributed by atoms with Crippen LogP contribution in [0.1, 0.15) is 24.1 Å². The zero-order valence-electron chi connectivity index (χ0n) is 10.3. The van der Waals surface area contributed by atoms with Gasteiger partial charge < -0.3 is 5.32 Å². The van der Waals surface area contributed by atoms with Crippen LogP contribution < -0.4 is 5.32 Å². The van der Waals surface area contributed by atoms with Crippen LogP contribution in [-0.2, 0) is 6.18 Å². The summed E-state index contributed by atoms with van der Waals surface area (Å²) in [5.41, 5.74) is 0.301. The monoisotopic (exact) mass is 266 g/mol. The molecule has 0 aliphatic heterocycles. The number of benzene rings is 1. The molecule has 19 heavy (non-hydrogen) atoms. The summed E-state index contributed by atoms with van der Waals surface area (Å²) in [5.74, 6) is 0.421. The fourth-order valence-corrected chi connectivity index (χ4v) is 1.69. The van der Waals surface area contributed by atoms with Crippen molar-refractivity contribution in [1.29, 1.82) is 0 Å². The molecule has 1 atom stereocenters. The number of nitrogens with zero attached hydrogens (tertiary/aromatic N) is 1. The molecular weight excluding hydrogens is 253 g/mol. The number of hydrogen-bond donors (Lipinski definition) is 1. The van der Waals surface area contributed by atoms with Crippen LogP contribution in [0.4, 0.5) is 19.0 Å². The minimum absolute atomic E-state index is 0.0227. The van der Waals surface area contributed by atoms with Crippen LogP contribution in [0, 0.1) is 0 Å². The van der Waals surface area contributed by atoms with Gasteiger partial charge in [-0.15, -0.1) is 0 Å². The number of hydrogen-bond acceptors (Lipinski definition) is 2. The maximum atomic E-state index is 12.4. The van der Waals surface area contributed by atoms with E-state index in [0.717, 1.165) is 17.8 Å². The number of aromatic nitrogens is 1. The van der Waals surface area contributed by atoms with Gasteiger partial charge in [0.1, 0.15) is 5.82 Å². The van der Waals surface area contributed by atoms with Gasteiger partial charge in [0, 0.05) is 12.2 Å². The van der Waals surface area contributed by atoms with Crippen molar-refractivity contribution in [3.05, 3.63) is 59.8 Å². The SMILES string of the molecule is C[C@@H](Nc1ccc(C(F)(F)F)cn1)c1ccccc1. The predicted molar refractivity (Wildman–Crippen MR) is 67.7 cm³/mol.